The number of rotatable bonds is 6. The molecule has 0 bridgehead atoms. The summed E-state index contributed by atoms with van der Waals surface area (Å²) in [4.78, 5) is 16.8. The van der Waals surface area contributed by atoms with Crippen molar-refractivity contribution in [2.24, 2.45) is 0 Å². The van der Waals surface area contributed by atoms with E-state index in [4.69, 9.17) is 9.15 Å². The number of aryl methyl sites for hydroxylation is 1. The highest BCUT2D eigenvalue weighted by Gasteiger charge is 2.18. The van der Waals surface area contributed by atoms with E-state index in [2.05, 4.69) is 10.3 Å². The number of amides is 1. The fourth-order valence-electron chi connectivity index (χ4n) is 3.09. The number of carbonyl (C=O) groups is 1. The molecular formula is C23H20N2O3. The van der Waals surface area contributed by atoms with Crippen LogP contribution in [0.4, 0.5) is 0 Å². The second-order valence-electron chi connectivity index (χ2n) is 6.51. The minimum absolute atomic E-state index is 0.180. The summed E-state index contributed by atoms with van der Waals surface area (Å²) >= 11 is 0. The van der Waals surface area contributed by atoms with Crippen molar-refractivity contribution in [2.45, 2.75) is 20.1 Å². The Labute approximate surface area is 163 Å². The maximum Gasteiger partial charge on any atom is 0.255 e. The van der Waals surface area contributed by atoms with Gasteiger partial charge in [0.1, 0.15) is 23.7 Å². The molecule has 28 heavy (non-hydrogen) atoms. The van der Waals surface area contributed by atoms with Gasteiger partial charge in [-0.1, -0.05) is 36.4 Å². The Morgan fingerprint density at radius 3 is 2.68 bits per heavy atom. The maximum atomic E-state index is 12.8. The van der Waals surface area contributed by atoms with Crippen molar-refractivity contribution in [3.8, 4) is 5.75 Å². The van der Waals surface area contributed by atoms with Gasteiger partial charge in [0.15, 0.2) is 0 Å². The molecule has 0 spiro atoms. The molecule has 1 N–H and O–H groups in total. The van der Waals surface area contributed by atoms with E-state index < -0.39 is 0 Å². The number of pyridine rings is 1. The fraction of sp³-hybridized carbons (Fsp3) is 0.130. The van der Waals surface area contributed by atoms with E-state index >= 15 is 0 Å². The third-order valence-corrected chi connectivity index (χ3v) is 4.49. The number of ether oxygens (including phenoxy) is 1. The number of benzene rings is 2. The van der Waals surface area contributed by atoms with Gasteiger partial charge in [-0.25, -0.2) is 0 Å². The summed E-state index contributed by atoms with van der Waals surface area (Å²) in [5.41, 5.74) is 3.22. The third-order valence-electron chi connectivity index (χ3n) is 4.49. The molecule has 140 valence electrons. The lowest BCUT2D eigenvalue weighted by Gasteiger charge is -2.07. The van der Waals surface area contributed by atoms with Crippen LogP contribution < -0.4 is 10.1 Å². The molecule has 0 aliphatic heterocycles. The van der Waals surface area contributed by atoms with Crippen LogP contribution >= 0.6 is 0 Å². The zero-order valence-electron chi connectivity index (χ0n) is 15.5. The minimum atomic E-state index is -0.180. The van der Waals surface area contributed by atoms with Crippen LogP contribution in [0.5, 0.6) is 5.75 Å². The first-order valence-electron chi connectivity index (χ1n) is 9.07. The smallest absolute Gasteiger partial charge is 0.255 e. The van der Waals surface area contributed by atoms with Crippen molar-refractivity contribution >= 4 is 16.9 Å². The highest BCUT2D eigenvalue weighted by molar-refractivity contribution is 6.07. The zero-order chi connectivity index (χ0) is 19.3. The van der Waals surface area contributed by atoms with Crippen LogP contribution in [0.25, 0.3) is 11.0 Å². The Balaban J connectivity index is 1.54. The van der Waals surface area contributed by atoms with Gasteiger partial charge in [-0.15, -0.1) is 0 Å². The highest BCUT2D eigenvalue weighted by atomic mass is 16.5. The van der Waals surface area contributed by atoms with Gasteiger partial charge in [-0.05, 0) is 42.3 Å². The molecule has 0 unspecified atom stereocenters. The topological polar surface area (TPSA) is 64.4 Å². The Hall–Kier alpha value is -3.60. The quantitative estimate of drug-likeness (QED) is 0.535. The molecule has 0 saturated heterocycles. The van der Waals surface area contributed by atoms with Crippen molar-refractivity contribution in [3.05, 3.63) is 95.5 Å². The zero-order valence-corrected chi connectivity index (χ0v) is 15.5. The number of hydrogen-bond acceptors (Lipinski definition) is 4. The fourth-order valence-corrected chi connectivity index (χ4v) is 3.09. The van der Waals surface area contributed by atoms with E-state index in [9.17, 15) is 4.79 Å². The number of furan rings is 1. The summed E-state index contributed by atoms with van der Waals surface area (Å²) in [5.74, 6) is 1.10. The van der Waals surface area contributed by atoms with Crippen LogP contribution in [0.1, 0.15) is 27.2 Å². The van der Waals surface area contributed by atoms with E-state index in [0.717, 1.165) is 16.5 Å². The number of hydrogen-bond donors (Lipinski definition) is 1. The summed E-state index contributed by atoms with van der Waals surface area (Å²) in [6.07, 6.45) is 3.44. The average Bonchev–Trinajstić information content (AvgIpc) is 3.07. The first-order chi connectivity index (χ1) is 13.7. The molecule has 1 amide bonds. The first kappa shape index (κ1) is 17.8. The van der Waals surface area contributed by atoms with Crippen LogP contribution in [-0.4, -0.2) is 10.9 Å². The normalized spacial score (nSPS) is 10.8. The lowest BCUT2D eigenvalue weighted by atomic mass is 10.1. The average molecular weight is 372 g/mol. The summed E-state index contributed by atoms with van der Waals surface area (Å²) < 4.78 is 11.7. The van der Waals surface area contributed by atoms with Crippen LogP contribution in [0.2, 0.25) is 0 Å². The molecule has 0 radical (unpaired) electrons. The lowest BCUT2D eigenvalue weighted by molar-refractivity contribution is 0.0951. The van der Waals surface area contributed by atoms with Crippen LogP contribution in [0, 0.1) is 6.92 Å². The standard InChI is InChI=1S/C23H20N2O3/c1-16-22(23(26)25-14-18-8-5-11-24-13-18)20-12-19(9-10-21(20)28-16)27-15-17-6-3-2-4-7-17/h2-13H,14-15H2,1H3,(H,25,26). The van der Waals surface area contributed by atoms with Gasteiger partial charge in [0.25, 0.3) is 5.91 Å². The predicted octanol–water partition coefficient (Wildman–Crippen LogP) is 4.65. The number of carbonyl (C=O) groups excluding carboxylic acids is 1. The van der Waals surface area contributed by atoms with Gasteiger partial charge in [0.2, 0.25) is 0 Å². The van der Waals surface area contributed by atoms with Gasteiger partial charge >= 0.3 is 0 Å². The maximum absolute atomic E-state index is 12.8. The van der Waals surface area contributed by atoms with Crippen LogP contribution in [-0.2, 0) is 13.2 Å². The van der Waals surface area contributed by atoms with Crippen LogP contribution in [0.15, 0.2) is 77.5 Å². The van der Waals surface area contributed by atoms with E-state index in [0.29, 0.717) is 35.8 Å². The number of nitrogens with zero attached hydrogens (tertiary/aromatic N) is 1. The number of fused-ring (bicyclic) bond motifs is 1. The second-order valence-corrected chi connectivity index (χ2v) is 6.51. The second kappa shape index (κ2) is 7.96. The van der Waals surface area contributed by atoms with E-state index in [1.165, 1.54) is 0 Å². The van der Waals surface area contributed by atoms with Crippen molar-refractivity contribution in [1.82, 2.24) is 10.3 Å². The number of aromatic nitrogens is 1. The molecule has 4 aromatic rings. The molecule has 0 aliphatic carbocycles. The summed E-state index contributed by atoms with van der Waals surface area (Å²) in [6, 6.07) is 19.3. The molecule has 2 aromatic carbocycles. The molecule has 0 saturated carbocycles. The van der Waals surface area contributed by atoms with E-state index in [-0.39, 0.29) is 5.91 Å². The molecule has 0 atom stereocenters. The van der Waals surface area contributed by atoms with Crippen molar-refractivity contribution < 1.29 is 13.9 Å². The van der Waals surface area contributed by atoms with Crippen molar-refractivity contribution in [3.63, 3.8) is 0 Å². The highest BCUT2D eigenvalue weighted by Crippen LogP contribution is 2.29. The SMILES string of the molecule is Cc1oc2ccc(OCc3ccccc3)cc2c1C(=O)NCc1cccnc1. The van der Waals surface area contributed by atoms with E-state index in [1.54, 1.807) is 19.3 Å². The third kappa shape index (κ3) is 3.88. The van der Waals surface area contributed by atoms with Gasteiger partial charge < -0.3 is 14.5 Å². The van der Waals surface area contributed by atoms with E-state index in [1.807, 2.05) is 60.7 Å². The monoisotopic (exact) mass is 372 g/mol. The summed E-state index contributed by atoms with van der Waals surface area (Å²) in [5, 5.41) is 3.67. The predicted molar refractivity (Wildman–Crippen MR) is 107 cm³/mol. The van der Waals surface area contributed by atoms with Crippen LogP contribution in [0.3, 0.4) is 0 Å². The Morgan fingerprint density at radius 2 is 1.89 bits per heavy atom. The Bertz CT molecular complexity index is 1090. The summed E-state index contributed by atoms with van der Waals surface area (Å²) in [6.45, 7) is 2.66. The van der Waals surface area contributed by atoms with Gasteiger partial charge in [0.05, 0.1) is 5.56 Å². The summed E-state index contributed by atoms with van der Waals surface area (Å²) in [7, 11) is 0. The Morgan fingerprint density at radius 1 is 1.07 bits per heavy atom. The molecule has 2 aromatic heterocycles. The minimum Gasteiger partial charge on any atom is -0.489 e. The molecular weight excluding hydrogens is 352 g/mol. The van der Waals surface area contributed by atoms with Gasteiger partial charge in [0, 0.05) is 24.3 Å². The van der Waals surface area contributed by atoms with Gasteiger partial charge in [-0.3, -0.25) is 9.78 Å². The number of nitrogens with one attached hydrogen (secondary N) is 1. The van der Waals surface area contributed by atoms with Crippen molar-refractivity contribution in [2.75, 3.05) is 0 Å². The molecule has 2 heterocycles. The largest absolute Gasteiger partial charge is 0.489 e. The first-order valence-corrected chi connectivity index (χ1v) is 9.07. The Kier molecular flexibility index (Phi) is 5.06. The van der Waals surface area contributed by atoms with Gasteiger partial charge in [-0.2, -0.15) is 0 Å². The molecule has 0 fully saturated rings. The molecule has 5 nitrogen and oxygen atoms in total. The molecule has 4 rings (SSSR count). The van der Waals surface area contributed by atoms with Crippen molar-refractivity contribution in [1.29, 1.82) is 0 Å². The molecule has 0 aliphatic rings. The molecule has 5 heteroatoms. The lowest BCUT2D eigenvalue weighted by Crippen LogP contribution is -2.23.